The zero-order valence-corrected chi connectivity index (χ0v) is 11.8. The molecule has 0 spiro atoms. The first-order valence-corrected chi connectivity index (χ1v) is 7.07. The molecule has 1 aromatic heterocycles. The van der Waals surface area contributed by atoms with Crippen LogP contribution in [0.2, 0.25) is 0 Å². The number of hydrogen-bond donors (Lipinski definition) is 2. The van der Waals surface area contributed by atoms with Crippen molar-refractivity contribution >= 4 is 23.0 Å². The van der Waals surface area contributed by atoms with Crippen molar-refractivity contribution in [3.63, 3.8) is 0 Å². The summed E-state index contributed by atoms with van der Waals surface area (Å²) in [6, 6.07) is 0.576. The largest absolute Gasteiger partial charge is 0.389 e. The maximum atomic E-state index is 5.82. The lowest BCUT2D eigenvalue weighted by atomic mass is 9.95. The molecule has 2 bridgehead atoms. The second-order valence-electron chi connectivity index (χ2n) is 5.72. The van der Waals surface area contributed by atoms with Gasteiger partial charge in [0.25, 0.3) is 0 Å². The van der Waals surface area contributed by atoms with Crippen LogP contribution in [-0.4, -0.2) is 20.8 Å². The molecular weight excluding hydrogens is 244 g/mol. The van der Waals surface area contributed by atoms with Crippen LogP contribution < -0.4 is 11.1 Å². The Kier molecular flexibility index (Phi) is 2.81. The summed E-state index contributed by atoms with van der Waals surface area (Å²) in [6.07, 6.45) is 5.44. The van der Waals surface area contributed by atoms with Gasteiger partial charge in [-0.25, -0.2) is 0 Å². The quantitative estimate of drug-likeness (QED) is 0.820. The lowest BCUT2D eigenvalue weighted by Crippen LogP contribution is -2.28. The highest BCUT2D eigenvalue weighted by atomic mass is 32.1. The van der Waals surface area contributed by atoms with Gasteiger partial charge in [0, 0.05) is 13.1 Å². The summed E-state index contributed by atoms with van der Waals surface area (Å²) < 4.78 is 1.87. The van der Waals surface area contributed by atoms with Crippen LogP contribution in [0.1, 0.15) is 36.9 Å². The average molecular weight is 264 g/mol. The molecule has 2 aliphatic carbocycles. The fourth-order valence-corrected chi connectivity index (χ4v) is 3.96. The van der Waals surface area contributed by atoms with E-state index in [1.54, 1.807) is 0 Å². The Morgan fingerprint density at radius 3 is 2.78 bits per heavy atom. The first-order chi connectivity index (χ1) is 8.56. The summed E-state index contributed by atoms with van der Waals surface area (Å²) >= 11 is 5.14. The van der Waals surface area contributed by atoms with Gasteiger partial charge in [-0.15, -0.1) is 0 Å². The maximum absolute atomic E-state index is 5.82. The van der Waals surface area contributed by atoms with E-state index in [1.807, 2.05) is 18.7 Å². The number of fused-ring (bicyclic) bond motifs is 2. The van der Waals surface area contributed by atoms with Crippen molar-refractivity contribution in [2.45, 2.75) is 38.6 Å². The molecule has 2 aliphatic rings. The molecule has 1 aromatic rings. The minimum Gasteiger partial charge on any atom is -0.389 e. The Morgan fingerprint density at radius 2 is 2.22 bits per heavy atom. The molecule has 18 heavy (non-hydrogen) atoms. The molecule has 1 heterocycles. The van der Waals surface area contributed by atoms with Gasteiger partial charge in [-0.2, -0.15) is 5.10 Å². The van der Waals surface area contributed by atoms with Crippen molar-refractivity contribution in [1.82, 2.24) is 9.78 Å². The first kappa shape index (κ1) is 12.0. The minimum atomic E-state index is 0.436. The molecule has 0 amide bonds. The van der Waals surface area contributed by atoms with Gasteiger partial charge in [0.15, 0.2) is 0 Å². The Labute approximate surface area is 113 Å². The van der Waals surface area contributed by atoms with Crippen molar-refractivity contribution in [3.8, 4) is 0 Å². The number of aryl methyl sites for hydroxylation is 2. The summed E-state index contributed by atoms with van der Waals surface area (Å²) in [5.41, 5.74) is 7.64. The molecule has 2 saturated carbocycles. The van der Waals surface area contributed by atoms with E-state index in [0.29, 0.717) is 11.0 Å². The highest BCUT2D eigenvalue weighted by molar-refractivity contribution is 7.80. The van der Waals surface area contributed by atoms with Gasteiger partial charge in [0.05, 0.1) is 11.3 Å². The smallest absolute Gasteiger partial charge is 0.134 e. The lowest BCUT2D eigenvalue weighted by molar-refractivity contribution is 0.437. The lowest BCUT2D eigenvalue weighted by Gasteiger charge is -2.24. The molecule has 0 aliphatic heterocycles. The van der Waals surface area contributed by atoms with Gasteiger partial charge in [-0.1, -0.05) is 18.6 Å². The summed E-state index contributed by atoms with van der Waals surface area (Å²) in [5.74, 6) is 2.75. The summed E-state index contributed by atoms with van der Waals surface area (Å²) in [7, 11) is 1.95. The predicted octanol–water partition coefficient (Wildman–Crippen LogP) is 1.96. The van der Waals surface area contributed by atoms with E-state index in [2.05, 4.69) is 10.4 Å². The SMILES string of the molecule is Cc1nn(C)c(NC2CC3CCC2C3)c1C(N)=S. The van der Waals surface area contributed by atoms with E-state index < -0.39 is 0 Å². The second kappa shape index (κ2) is 4.23. The third-order valence-electron chi connectivity index (χ3n) is 4.53. The Bertz CT molecular complexity index is 493. The van der Waals surface area contributed by atoms with Crippen LogP contribution in [0.15, 0.2) is 0 Å². The predicted molar refractivity (Wildman–Crippen MR) is 76.7 cm³/mol. The molecule has 0 radical (unpaired) electrons. The molecule has 3 atom stereocenters. The van der Waals surface area contributed by atoms with Crippen LogP contribution in [0.4, 0.5) is 5.82 Å². The standard InChI is InChI=1S/C13H20N4S/c1-7-11(12(14)18)13(17(2)16-7)15-10-6-8-3-4-9(10)5-8/h8-10,15H,3-6H2,1-2H3,(H2,14,18). The monoisotopic (exact) mass is 264 g/mol. The van der Waals surface area contributed by atoms with Crippen LogP contribution in [-0.2, 0) is 7.05 Å². The highest BCUT2D eigenvalue weighted by Gasteiger charge is 2.40. The van der Waals surface area contributed by atoms with Crippen molar-refractivity contribution in [3.05, 3.63) is 11.3 Å². The number of hydrogen-bond acceptors (Lipinski definition) is 3. The van der Waals surface area contributed by atoms with Gasteiger partial charge >= 0.3 is 0 Å². The highest BCUT2D eigenvalue weighted by Crippen LogP contribution is 2.45. The summed E-state index contributed by atoms with van der Waals surface area (Å²) in [5, 5.41) is 8.07. The second-order valence-corrected chi connectivity index (χ2v) is 6.16. The third-order valence-corrected chi connectivity index (χ3v) is 4.73. The topological polar surface area (TPSA) is 55.9 Å². The summed E-state index contributed by atoms with van der Waals surface area (Å²) in [6.45, 7) is 1.96. The molecule has 98 valence electrons. The number of thiocarbonyl (C=S) groups is 1. The minimum absolute atomic E-state index is 0.436. The van der Waals surface area contributed by atoms with Crippen molar-refractivity contribution in [2.75, 3.05) is 5.32 Å². The van der Waals surface area contributed by atoms with E-state index in [1.165, 1.54) is 25.7 Å². The zero-order valence-electron chi connectivity index (χ0n) is 10.9. The first-order valence-electron chi connectivity index (χ1n) is 6.66. The van der Waals surface area contributed by atoms with E-state index >= 15 is 0 Å². The molecular formula is C13H20N4S. The molecule has 3 unspecified atom stereocenters. The van der Waals surface area contributed by atoms with E-state index in [4.69, 9.17) is 18.0 Å². The van der Waals surface area contributed by atoms with E-state index in [-0.39, 0.29) is 0 Å². The number of anilines is 1. The van der Waals surface area contributed by atoms with Crippen LogP contribution in [0.25, 0.3) is 0 Å². The Morgan fingerprint density at radius 1 is 1.44 bits per heavy atom. The molecule has 2 fully saturated rings. The third kappa shape index (κ3) is 1.81. The van der Waals surface area contributed by atoms with Crippen LogP contribution in [0, 0.1) is 18.8 Å². The molecule has 0 saturated heterocycles. The van der Waals surface area contributed by atoms with Crippen LogP contribution in [0.5, 0.6) is 0 Å². The normalized spacial score (nSPS) is 29.8. The van der Waals surface area contributed by atoms with Gasteiger partial charge in [0.1, 0.15) is 10.8 Å². The van der Waals surface area contributed by atoms with Gasteiger partial charge in [0.2, 0.25) is 0 Å². The van der Waals surface area contributed by atoms with Crippen molar-refractivity contribution in [1.29, 1.82) is 0 Å². The van der Waals surface area contributed by atoms with E-state index in [9.17, 15) is 0 Å². The molecule has 4 nitrogen and oxygen atoms in total. The Hall–Kier alpha value is -1.10. The van der Waals surface area contributed by atoms with Crippen molar-refractivity contribution < 1.29 is 0 Å². The number of aromatic nitrogens is 2. The van der Waals surface area contributed by atoms with Gasteiger partial charge in [-0.05, 0) is 38.0 Å². The number of nitrogens with zero attached hydrogens (tertiary/aromatic N) is 2. The number of rotatable bonds is 3. The molecule has 3 N–H and O–H groups in total. The maximum Gasteiger partial charge on any atom is 0.134 e. The number of nitrogens with one attached hydrogen (secondary N) is 1. The number of nitrogens with two attached hydrogens (primary N) is 1. The van der Waals surface area contributed by atoms with Crippen LogP contribution >= 0.6 is 12.2 Å². The zero-order chi connectivity index (χ0) is 12.9. The van der Waals surface area contributed by atoms with E-state index in [0.717, 1.165) is 28.9 Å². The Balaban J connectivity index is 1.86. The van der Waals surface area contributed by atoms with Crippen LogP contribution in [0.3, 0.4) is 0 Å². The molecule has 5 heteroatoms. The summed E-state index contributed by atoms with van der Waals surface area (Å²) in [4.78, 5) is 0.436. The van der Waals surface area contributed by atoms with Gasteiger partial charge in [-0.3, -0.25) is 4.68 Å². The van der Waals surface area contributed by atoms with Crippen molar-refractivity contribution in [2.24, 2.45) is 24.6 Å². The molecule has 0 aromatic carbocycles. The van der Waals surface area contributed by atoms with Gasteiger partial charge < -0.3 is 11.1 Å². The average Bonchev–Trinajstić information content (AvgIpc) is 2.94. The fourth-order valence-electron chi connectivity index (χ4n) is 3.72. The molecule has 3 rings (SSSR count). The fraction of sp³-hybridized carbons (Fsp3) is 0.692.